The topological polar surface area (TPSA) is 63.8 Å². The number of hydrogen-bond donors (Lipinski definition) is 2. The minimum Gasteiger partial charge on any atom is -0.360 e. The molecule has 0 aliphatic rings. The van der Waals surface area contributed by atoms with E-state index in [0.717, 1.165) is 12.8 Å². The van der Waals surface area contributed by atoms with Crippen LogP contribution < -0.4 is 11.1 Å². The highest BCUT2D eigenvalue weighted by atomic mass is 32.1. The highest BCUT2D eigenvalue weighted by Crippen LogP contribution is 2.32. The van der Waals surface area contributed by atoms with Crippen LogP contribution in [0.25, 0.3) is 0 Å². The van der Waals surface area contributed by atoms with Crippen molar-refractivity contribution in [2.45, 2.75) is 19.0 Å². The molecular formula is C7H11F3N4S. The number of nitrogens with zero attached hydrogens (tertiary/aromatic N) is 2. The van der Waals surface area contributed by atoms with Crippen LogP contribution in [-0.4, -0.2) is 23.3 Å². The first-order chi connectivity index (χ1) is 7.04. The molecule has 0 aliphatic heterocycles. The van der Waals surface area contributed by atoms with Crippen LogP contribution in [0.15, 0.2) is 0 Å². The highest BCUT2D eigenvalue weighted by Gasteiger charge is 2.35. The highest BCUT2D eigenvalue weighted by molar-refractivity contribution is 7.15. The molecule has 0 saturated heterocycles. The Labute approximate surface area is 88.7 Å². The first-order valence-electron chi connectivity index (χ1n) is 4.38. The summed E-state index contributed by atoms with van der Waals surface area (Å²) in [6, 6.07) is 0. The Balaban J connectivity index is 2.40. The third-order valence-electron chi connectivity index (χ3n) is 1.57. The molecule has 86 valence electrons. The minimum absolute atomic E-state index is 0.194. The Morgan fingerprint density at radius 1 is 1.27 bits per heavy atom. The van der Waals surface area contributed by atoms with Crippen molar-refractivity contribution in [3.8, 4) is 0 Å². The summed E-state index contributed by atoms with van der Waals surface area (Å²) in [6.07, 6.45) is -2.77. The predicted octanol–water partition coefficient (Wildman–Crippen LogP) is 1.71. The molecule has 0 unspecified atom stereocenters. The third kappa shape index (κ3) is 4.00. The van der Waals surface area contributed by atoms with E-state index < -0.39 is 11.2 Å². The zero-order valence-corrected chi connectivity index (χ0v) is 8.66. The molecule has 0 radical (unpaired) electrons. The molecule has 0 amide bonds. The molecule has 0 saturated carbocycles. The van der Waals surface area contributed by atoms with Gasteiger partial charge in [0.15, 0.2) is 0 Å². The fourth-order valence-corrected chi connectivity index (χ4v) is 1.51. The van der Waals surface area contributed by atoms with Gasteiger partial charge >= 0.3 is 6.18 Å². The average molecular weight is 240 g/mol. The molecule has 0 aliphatic carbocycles. The van der Waals surface area contributed by atoms with Crippen LogP contribution in [0.4, 0.5) is 18.3 Å². The van der Waals surface area contributed by atoms with Gasteiger partial charge in [0.1, 0.15) is 0 Å². The van der Waals surface area contributed by atoms with E-state index >= 15 is 0 Å². The van der Waals surface area contributed by atoms with Crippen molar-refractivity contribution >= 4 is 16.5 Å². The number of halogens is 3. The lowest BCUT2D eigenvalue weighted by atomic mass is 10.3. The normalized spacial score (nSPS) is 11.7. The summed E-state index contributed by atoms with van der Waals surface area (Å²) in [5.74, 6) is 0. The smallest absolute Gasteiger partial charge is 0.360 e. The molecule has 3 N–H and O–H groups in total. The summed E-state index contributed by atoms with van der Waals surface area (Å²) in [6.45, 7) is 1.13. The monoisotopic (exact) mass is 240 g/mol. The van der Waals surface area contributed by atoms with Gasteiger partial charge in [0, 0.05) is 6.54 Å². The second-order valence-corrected chi connectivity index (χ2v) is 3.81. The number of anilines is 1. The quantitative estimate of drug-likeness (QED) is 0.769. The number of nitrogens with one attached hydrogen (secondary N) is 1. The molecule has 4 nitrogen and oxygen atoms in total. The van der Waals surface area contributed by atoms with Gasteiger partial charge in [-0.05, 0) is 19.4 Å². The molecule has 15 heavy (non-hydrogen) atoms. The number of rotatable bonds is 5. The predicted molar refractivity (Wildman–Crippen MR) is 51.7 cm³/mol. The summed E-state index contributed by atoms with van der Waals surface area (Å²) in [7, 11) is 0. The number of aromatic nitrogens is 2. The fraction of sp³-hybridized carbons (Fsp3) is 0.714. The van der Waals surface area contributed by atoms with Crippen molar-refractivity contribution in [2.75, 3.05) is 18.4 Å². The van der Waals surface area contributed by atoms with Crippen molar-refractivity contribution in [1.82, 2.24) is 10.2 Å². The Kier molecular flexibility index (Phi) is 4.28. The molecule has 1 rings (SSSR count). The van der Waals surface area contributed by atoms with Gasteiger partial charge in [-0.15, -0.1) is 10.2 Å². The Morgan fingerprint density at radius 3 is 2.53 bits per heavy atom. The van der Waals surface area contributed by atoms with Gasteiger partial charge < -0.3 is 11.1 Å². The lowest BCUT2D eigenvalue weighted by Gasteiger charge is -2.00. The van der Waals surface area contributed by atoms with Crippen LogP contribution in [0, 0.1) is 0 Å². The lowest BCUT2D eigenvalue weighted by molar-refractivity contribution is -0.138. The van der Waals surface area contributed by atoms with Crippen LogP contribution in [0.5, 0.6) is 0 Å². The van der Waals surface area contributed by atoms with E-state index in [9.17, 15) is 13.2 Å². The van der Waals surface area contributed by atoms with E-state index in [1.165, 1.54) is 0 Å². The number of nitrogens with two attached hydrogens (primary N) is 1. The van der Waals surface area contributed by atoms with Crippen molar-refractivity contribution in [3.05, 3.63) is 5.01 Å². The van der Waals surface area contributed by atoms with E-state index in [-0.39, 0.29) is 5.13 Å². The Morgan fingerprint density at radius 2 is 2.00 bits per heavy atom. The molecule has 0 bridgehead atoms. The number of unbranched alkanes of at least 4 members (excludes halogenated alkanes) is 1. The van der Waals surface area contributed by atoms with Gasteiger partial charge in [-0.1, -0.05) is 11.3 Å². The van der Waals surface area contributed by atoms with E-state index in [4.69, 9.17) is 5.73 Å². The molecule has 0 aromatic carbocycles. The summed E-state index contributed by atoms with van der Waals surface area (Å²) in [5.41, 5.74) is 5.27. The largest absolute Gasteiger partial charge is 0.445 e. The van der Waals surface area contributed by atoms with Crippen LogP contribution in [0.3, 0.4) is 0 Å². The lowest BCUT2D eigenvalue weighted by Crippen LogP contribution is -2.05. The SMILES string of the molecule is NCCCCNc1nnc(C(F)(F)F)s1. The van der Waals surface area contributed by atoms with Crippen molar-refractivity contribution < 1.29 is 13.2 Å². The minimum atomic E-state index is -4.41. The molecular weight excluding hydrogens is 229 g/mol. The second kappa shape index (κ2) is 5.26. The maximum Gasteiger partial charge on any atom is 0.445 e. The molecule has 0 fully saturated rings. The summed E-state index contributed by atoms with van der Waals surface area (Å²) >= 11 is 0.508. The van der Waals surface area contributed by atoms with E-state index in [1.807, 2.05) is 0 Å². The van der Waals surface area contributed by atoms with Crippen LogP contribution in [0.2, 0.25) is 0 Å². The molecule has 1 aromatic heterocycles. The first-order valence-corrected chi connectivity index (χ1v) is 5.20. The van der Waals surface area contributed by atoms with Crippen molar-refractivity contribution in [3.63, 3.8) is 0 Å². The zero-order chi connectivity index (χ0) is 11.3. The van der Waals surface area contributed by atoms with Crippen LogP contribution in [0.1, 0.15) is 17.8 Å². The summed E-state index contributed by atoms with van der Waals surface area (Å²) in [5, 5.41) is 8.46. The second-order valence-electron chi connectivity index (χ2n) is 2.83. The molecule has 8 heteroatoms. The molecule has 1 heterocycles. The van der Waals surface area contributed by atoms with E-state index in [0.29, 0.717) is 24.4 Å². The van der Waals surface area contributed by atoms with Gasteiger partial charge in [0.25, 0.3) is 0 Å². The first kappa shape index (κ1) is 12.2. The molecule has 0 atom stereocenters. The van der Waals surface area contributed by atoms with Gasteiger partial charge in [-0.25, -0.2) is 0 Å². The third-order valence-corrected chi connectivity index (χ3v) is 2.50. The molecule has 0 spiro atoms. The number of alkyl halides is 3. The standard InChI is InChI=1S/C7H11F3N4S/c8-7(9,10)5-13-14-6(15-5)12-4-2-1-3-11/h1-4,11H2,(H,12,14). The average Bonchev–Trinajstić information content (AvgIpc) is 2.60. The van der Waals surface area contributed by atoms with Gasteiger partial charge in [0.2, 0.25) is 10.1 Å². The van der Waals surface area contributed by atoms with Gasteiger partial charge in [0.05, 0.1) is 0 Å². The van der Waals surface area contributed by atoms with Gasteiger partial charge in [-0.2, -0.15) is 13.2 Å². The molecule has 1 aromatic rings. The van der Waals surface area contributed by atoms with Crippen LogP contribution >= 0.6 is 11.3 Å². The summed E-state index contributed by atoms with van der Waals surface area (Å²) < 4.78 is 36.3. The Hall–Kier alpha value is -0.890. The van der Waals surface area contributed by atoms with E-state index in [1.54, 1.807) is 0 Å². The maximum atomic E-state index is 12.1. The van der Waals surface area contributed by atoms with Gasteiger partial charge in [-0.3, -0.25) is 0 Å². The van der Waals surface area contributed by atoms with E-state index in [2.05, 4.69) is 15.5 Å². The van der Waals surface area contributed by atoms with Crippen molar-refractivity contribution in [1.29, 1.82) is 0 Å². The Bertz CT molecular complexity index is 299. The summed E-state index contributed by atoms with van der Waals surface area (Å²) in [4.78, 5) is 0. The fourth-order valence-electron chi connectivity index (χ4n) is 0.874. The van der Waals surface area contributed by atoms with Crippen LogP contribution in [-0.2, 0) is 6.18 Å². The zero-order valence-electron chi connectivity index (χ0n) is 7.84. The van der Waals surface area contributed by atoms with Crippen molar-refractivity contribution in [2.24, 2.45) is 5.73 Å². The maximum absolute atomic E-state index is 12.1. The number of hydrogen-bond acceptors (Lipinski definition) is 5.